The predicted molar refractivity (Wildman–Crippen MR) is 163 cm³/mol. The van der Waals surface area contributed by atoms with Gasteiger partial charge in [0, 0.05) is 21.9 Å². The normalized spacial score (nSPS) is 12.9. The number of hydrogen-bond donors (Lipinski definition) is 2. The van der Waals surface area contributed by atoms with Crippen LogP contribution in [0, 0.1) is 0 Å². The average Bonchev–Trinajstić information content (AvgIpc) is 2.93. The van der Waals surface area contributed by atoms with Gasteiger partial charge in [-0.05, 0) is 81.5 Å². The molecule has 1 amide bonds. The maximum atomic E-state index is 12.5. The number of halogens is 1. The minimum absolute atomic E-state index is 0.0464. The van der Waals surface area contributed by atoms with Gasteiger partial charge >= 0.3 is 6.09 Å². The number of benzene rings is 3. The summed E-state index contributed by atoms with van der Waals surface area (Å²) in [5.74, 6) is 0.809. The summed E-state index contributed by atoms with van der Waals surface area (Å²) < 4.78 is 21.9. The van der Waals surface area contributed by atoms with Crippen molar-refractivity contribution in [3.8, 4) is 5.75 Å². The van der Waals surface area contributed by atoms with Gasteiger partial charge in [0.05, 0.1) is 18.8 Å². The Morgan fingerprint density at radius 3 is 2.44 bits per heavy atom. The number of ether oxygens (including phenoxy) is 4. The van der Waals surface area contributed by atoms with Crippen LogP contribution in [-0.2, 0) is 27.2 Å². The van der Waals surface area contributed by atoms with Crippen LogP contribution >= 0.6 is 23.4 Å². The highest BCUT2D eigenvalue weighted by atomic mass is 35.5. The van der Waals surface area contributed by atoms with Crippen LogP contribution in [0.1, 0.15) is 44.7 Å². The van der Waals surface area contributed by atoms with Crippen LogP contribution in [0.25, 0.3) is 0 Å². The number of nitrogens with one attached hydrogen (secondary N) is 1. The van der Waals surface area contributed by atoms with Gasteiger partial charge in [0.25, 0.3) is 0 Å². The second-order valence-corrected chi connectivity index (χ2v) is 12.3. The van der Waals surface area contributed by atoms with E-state index in [1.54, 1.807) is 32.5 Å². The molecular weight excluding hydrogens is 562 g/mol. The van der Waals surface area contributed by atoms with E-state index in [-0.39, 0.29) is 20.0 Å². The van der Waals surface area contributed by atoms with Crippen molar-refractivity contribution in [3.05, 3.63) is 88.9 Å². The fraction of sp³-hybridized carbons (Fsp3) is 0.406. The average molecular weight is 602 g/mol. The van der Waals surface area contributed by atoms with Crippen LogP contribution < -0.4 is 10.1 Å². The largest absolute Gasteiger partial charge is 0.489 e. The van der Waals surface area contributed by atoms with Crippen LogP contribution in [0.4, 0.5) is 4.79 Å². The van der Waals surface area contributed by atoms with Crippen molar-refractivity contribution in [2.45, 2.75) is 67.6 Å². The van der Waals surface area contributed by atoms with Crippen molar-refractivity contribution in [1.82, 2.24) is 5.32 Å². The molecule has 3 aromatic rings. The Morgan fingerprint density at radius 2 is 1.76 bits per heavy atom. The summed E-state index contributed by atoms with van der Waals surface area (Å²) in [5.41, 5.74) is 0.421. The molecule has 0 radical (unpaired) electrons. The van der Waals surface area contributed by atoms with E-state index in [1.807, 2.05) is 72.8 Å². The highest BCUT2D eigenvalue weighted by Gasteiger charge is 2.33. The van der Waals surface area contributed by atoms with Gasteiger partial charge in [0.1, 0.15) is 24.8 Å². The summed E-state index contributed by atoms with van der Waals surface area (Å²) in [6, 6.07) is 24.1. The molecular formula is C32H40ClNO6S. The van der Waals surface area contributed by atoms with Crippen LogP contribution in [0.3, 0.4) is 0 Å². The lowest BCUT2D eigenvalue weighted by Crippen LogP contribution is -2.56. The first-order valence-corrected chi connectivity index (χ1v) is 14.7. The molecule has 0 spiro atoms. The van der Waals surface area contributed by atoms with E-state index in [4.69, 9.17) is 30.5 Å². The van der Waals surface area contributed by atoms with Gasteiger partial charge in [-0.25, -0.2) is 4.79 Å². The van der Waals surface area contributed by atoms with Crippen molar-refractivity contribution >= 4 is 29.5 Å². The molecule has 222 valence electrons. The molecule has 0 aliphatic carbocycles. The zero-order chi connectivity index (χ0) is 29.7. The van der Waals surface area contributed by atoms with E-state index < -0.39 is 17.2 Å². The number of aliphatic hydroxyl groups excluding tert-OH is 1. The minimum Gasteiger partial charge on any atom is -0.489 e. The van der Waals surface area contributed by atoms with Crippen LogP contribution in [-0.4, -0.2) is 49.5 Å². The van der Waals surface area contributed by atoms with E-state index in [0.29, 0.717) is 30.9 Å². The van der Waals surface area contributed by atoms with Crippen molar-refractivity contribution < 1.29 is 28.8 Å². The van der Waals surface area contributed by atoms with Gasteiger partial charge in [-0.2, -0.15) is 0 Å². The Bertz CT molecular complexity index is 1240. The molecule has 41 heavy (non-hydrogen) atoms. The molecule has 0 saturated heterocycles. The third kappa shape index (κ3) is 11.6. The fourth-order valence-electron chi connectivity index (χ4n) is 4.09. The summed E-state index contributed by atoms with van der Waals surface area (Å²) in [7, 11) is 1.52. The number of carbonyl (C=O) groups is 1. The first-order valence-electron chi connectivity index (χ1n) is 13.5. The first kappa shape index (κ1) is 32.8. The molecule has 1 unspecified atom stereocenters. The van der Waals surface area contributed by atoms with Crippen LogP contribution in [0.15, 0.2) is 82.6 Å². The lowest BCUT2D eigenvalue weighted by Gasteiger charge is -2.33. The minimum atomic E-state index is -1.02. The summed E-state index contributed by atoms with van der Waals surface area (Å²) in [6.07, 6.45) is 1.16. The maximum absolute atomic E-state index is 12.5. The lowest BCUT2D eigenvalue weighted by atomic mass is 9.93. The van der Waals surface area contributed by atoms with Gasteiger partial charge in [-0.3, -0.25) is 0 Å². The third-order valence-electron chi connectivity index (χ3n) is 6.06. The maximum Gasteiger partial charge on any atom is 0.408 e. The highest BCUT2D eigenvalue weighted by Crippen LogP contribution is 2.33. The number of aryl methyl sites for hydroxylation is 1. The quantitative estimate of drug-likeness (QED) is 0.140. The SMILES string of the molecule is COCOCC(CO)(CCCc1ccc(Sc2cccc(OCc3ccccc3)c2)cc1Cl)NC(=O)OC(C)(C)C. The Balaban J connectivity index is 1.59. The Kier molecular flexibility index (Phi) is 12.8. The van der Waals surface area contributed by atoms with E-state index in [9.17, 15) is 9.90 Å². The first-order chi connectivity index (χ1) is 19.6. The Labute approximate surface area is 252 Å². The van der Waals surface area contributed by atoms with Crippen LogP contribution in [0.5, 0.6) is 5.75 Å². The molecule has 1 atom stereocenters. The second kappa shape index (κ2) is 16.0. The number of hydrogen-bond acceptors (Lipinski definition) is 7. The molecule has 7 nitrogen and oxygen atoms in total. The molecule has 3 aromatic carbocycles. The van der Waals surface area contributed by atoms with Crippen molar-refractivity contribution in [3.63, 3.8) is 0 Å². The van der Waals surface area contributed by atoms with Gasteiger partial charge in [0.2, 0.25) is 0 Å². The standard InChI is InChI=1S/C32H40ClNO6S/c1-31(2,3)40-30(36)34-32(21-35,22-38-23-37-4)17-9-12-25-15-16-28(19-29(25)33)41-27-14-8-13-26(18-27)39-20-24-10-6-5-7-11-24/h5-8,10-11,13-16,18-19,35H,9,12,17,20-23H2,1-4H3,(H,34,36). The fourth-order valence-corrected chi connectivity index (χ4v) is 5.34. The highest BCUT2D eigenvalue weighted by molar-refractivity contribution is 7.99. The number of aliphatic hydroxyl groups is 1. The van der Waals surface area contributed by atoms with Gasteiger partial charge in [-0.15, -0.1) is 0 Å². The van der Waals surface area contributed by atoms with Crippen molar-refractivity contribution in [2.24, 2.45) is 0 Å². The molecule has 0 bridgehead atoms. The molecule has 9 heteroatoms. The summed E-state index contributed by atoms with van der Waals surface area (Å²) in [5, 5.41) is 13.7. The van der Waals surface area contributed by atoms with E-state index in [0.717, 1.165) is 26.7 Å². The summed E-state index contributed by atoms with van der Waals surface area (Å²) in [6.45, 7) is 5.68. The number of rotatable bonds is 15. The molecule has 0 saturated carbocycles. The monoisotopic (exact) mass is 601 g/mol. The van der Waals surface area contributed by atoms with Crippen LogP contribution in [0.2, 0.25) is 5.02 Å². The topological polar surface area (TPSA) is 86.3 Å². The zero-order valence-corrected chi connectivity index (χ0v) is 25.7. The van der Waals surface area contributed by atoms with Gasteiger partial charge < -0.3 is 29.4 Å². The smallest absolute Gasteiger partial charge is 0.408 e. The number of carbonyl (C=O) groups excluding carboxylic acids is 1. The Morgan fingerprint density at radius 1 is 1.00 bits per heavy atom. The molecule has 0 aliphatic rings. The molecule has 3 rings (SSSR count). The van der Waals surface area contributed by atoms with E-state index >= 15 is 0 Å². The Hall–Kier alpha value is -2.75. The number of alkyl carbamates (subject to hydrolysis) is 1. The molecule has 2 N–H and O–H groups in total. The van der Waals surface area contributed by atoms with Crippen molar-refractivity contribution in [1.29, 1.82) is 0 Å². The molecule has 0 heterocycles. The lowest BCUT2D eigenvalue weighted by molar-refractivity contribution is -0.0649. The van der Waals surface area contributed by atoms with Gasteiger partial charge in [0.15, 0.2) is 0 Å². The number of methoxy groups -OCH3 is 1. The molecule has 0 fully saturated rings. The zero-order valence-electron chi connectivity index (χ0n) is 24.2. The predicted octanol–water partition coefficient (Wildman–Crippen LogP) is 7.27. The van der Waals surface area contributed by atoms with E-state index in [2.05, 4.69) is 5.32 Å². The second-order valence-electron chi connectivity index (χ2n) is 10.8. The molecule has 0 aliphatic heterocycles. The van der Waals surface area contributed by atoms with Crippen molar-refractivity contribution in [2.75, 3.05) is 27.1 Å². The summed E-state index contributed by atoms with van der Waals surface area (Å²) >= 11 is 8.28. The number of amides is 1. The summed E-state index contributed by atoms with van der Waals surface area (Å²) in [4.78, 5) is 14.6. The van der Waals surface area contributed by atoms with E-state index in [1.165, 1.54) is 7.11 Å². The molecule has 0 aromatic heterocycles. The van der Waals surface area contributed by atoms with Gasteiger partial charge in [-0.1, -0.05) is 65.8 Å². The third-order valence-corrected chi connectivity index (χ3v) is 7.39.